The number of methoxy groups -OCH3 is 1. The first-order chi connectivity index (χ1) is 5.22. The molecule has 0 spiro atoms. The minimum Gasteiger partial charge on any atom is -0.493 e. The van der Waals surface area contributed by atoms with Crippen LogP contribution in [0.2, 0.25) is 0 Å². The van der Waals surface area contributed by atoms with Gasteiger partial charge < -0.3 is 9.57 Å². The summed E-state index contributed by atoms with van der Waals surface area (Å²) in [5.74, 6) is 0.127. The average molecular weight is 156 g/mol. The smallest absolute Gasteiger partial charge is 0.331 e. The topological polar surface area (TPSA) is 53.4 Å². The Balaban J connectivity index is 2.65. The molecule has 1 heterocycles. The van der Waals surface area contributed by atoms with Crippen molar-refractivity contribution < 1.29 is 14.4 Å². The number of ether oxygens (including phenoxy) is 1. The maximum atomic E-state index is 10.4. The second-order valence-corrected chi connectivity index (χ2v) is 1.87. The van der Waals surface area contributed by atoms with Crippen LogP contribution in [-0.4, -0.2) is 23.0 Å². The number of rotatable bonds is 2. The van der Waals surface area contributed by atoms with Gasteiger partial charge in [0.15, 0.2) is 5.75 Å². The molecule has 0 saturated heterocycles. The van der Waals surface area contributed by atoms with E-state index in [2.05, 4.69) is 9.94 Å². The van der Waals surface area contributed by atoms with Crippen LogP contribution in [0.4, 0.5) is 0 Å². The molecular weight excluding hydrogens is 148 g/mol. The zero-order valence-corrected chi connectivity index (χ0v) is 6.27. The molecule has 0 atom stereocenters. The van der Waals surface area contributed by atoms with Gasteiger partial charge in [-0.3, -0.25) is 0 Å². The molecule has 0 aliphatic carbocycles. The van der Waals surface area contributed by atoms with Crippen LogP contribution in [0.1, 0.15) is 6.92 Å². The van der Waals surface area contributed by atoms with Gasteiger partial charge in [-0.25, -0.2) is 4.79 Å². The van der Waals surface area contributed by atoms with Gasteiger partial charge >= 0.3 is 5.97 Å². The molecule has 1 aromatic rings. The van der Waals surface area contributed by atoms with Crippen molar-refractivity contribution in [2.75, 3.05) is 7.11 Å². The fourth-order valence-electron chi connectivity index (χ4n) is 0.576. The minimum absolute atomic E-state index is 0.421. The van der Waals surface area contributed by atoms with Gasteiger partial charge in [0.1, 0.15) is 6.20 Å². The van der Waals surface area contributed by atoms with Crippen LogP contribution in [0.15, 0.2) is 12.4 Å². The molecule has 0 fully saturated rings. The Morgan fingerprint density at radius 2 is 2.45 bits per heavy atom. The quantitative estimate of drug-likeness (QED) is 0.598. The summed E-state index contributed by atoms with van der Waals surface area (Å²) >= 11 is 0. The molecule has 5 heteroatoms. The van der Waals surface area contributed by atoms with E-state index in [1.807, 2.05) is 0 Å². The summed E-state index contributed by atoms with van der Waals surface area (Å²) in [6.07, 6.45) is 2.91. The van der Waals surface area contributed by atoms with E-state index in [0.29, 0.717) is 5.75 Å². The van der Waals surface area contributed by atoms with Crippen molar-refractivity contribution in [3.63, 3.8) is 0 Å². The lowest BCUT2D eigenvalue weighted by Crippen LogP contribution is -2.16. The predicted molar refractivity (Wildman–Crippen MR) is 36.0 cm³/mol. The van der Waals surface area contributed by atoms with Gasteiger partial charge in [0.05, 0.1) is 13.3 Å². The van der Waals surface area contributed by atoms with Gasteiger partial charge in [-0.2, -0.15) is 0 Å². The molecule has 0 saturated carbocycles. The van der Waals surface area contributed by atoms with E-state index in [9.17, 15) is 4.79 Å². The summed E-state index contributed by atoms with van der Waals surface area (Å²) < 4.78 is 4.80. The van der Waals surface area contributed by atoms with Crippen molar-refractivity contribution in [2.24, 2.45) is 0 Å². The molecule has 0 bridgehead atoms. The first-order valence-corrected chi connectivity index (χ1v) is 3.00. The van der Waals surface area contributed by atoms with Crippen molar-refractivity contribution >= 4 is 5.97 Å². The normalized spacial score (nSPS) is 9.27. The number of nitrogens with zero attached hydrogens (tertiary/aromatic N) is 2. The van der Waals surface area contributed by atoms with Crippen LogP contribution in [0, 0.1) is 0 Å². The van der Waals surface area contributed by atoms with Crippen molar-refractivity contribution in [3.05, 3.63) is 12.4 Å². The molecule has 60 valence electrons. The number of carbonyl (C=O) groups excluding carboxylic acids is 1. The summed E-state index contributed by atoms with van der Waals surface area (Å²) in [6, 6.07) is 0. The standard InChI is InChI=1S/C6H8N2O3/c1-5(9)11-8-4-6(10-2)3-7-8/h3-4H,1-2H3. The largest absolute Gasteiger partial charge is 0.493 e. The first kappa shape index (κ1) is 7.59. The summed E-state index contributed by atoms with van der Waals surface area (Å²) in [6.45, 7) is 1.30. The van der Waals surface area contributed by atoms with Crippen LogP contribution in [0.5, 0.6) is 5.75 Å². The Morgan fingerprint density at radius 3 is 2.91 bits per heavy atom. The summed E-state index contributed by atoms with van der Waals surface area (Å²) in [7, 11) is 1.51. The highest BCUT2D eigenvalue weighted by Crippen LogP contribution is 2.04. The van der Waals surface area contributed by atoms with Gasteiger partial charge in [0.25, 0.3) is 0 Å². The van der Waals surface area contributed by atoms with E-state index in [0.717, 1.165) is 4.85 Å². The minimum atomic E-state index is -0.421. The molecule has 0 aliphatic heterocycles. The third-order valence-corrected chi connectivity index (χ3v) is 0.994. The number of carbonyl (C=O) groups is 1. The lowest BCUT2D eigenvalue weighted by atomic mass is 10.7. The number of hydrogen-bond acceptors (Lipinski definition) is 4. The molecule has 0 aliphatic rings. The van der Waals surface area contributed by atoms with Crippen molar-refractivity contribution in [1.82, 2.24) is 9.94 Å². The first-order valence-electron chi connectivity index (χ1n) is 3.00. The maximum absolute atomic E-state index is 10.4. The van der Waals surface area contributed by atoms with Crippen molar-refractivity contribution in [3.8, 4) is 5.75 Å². The Bertz CT molecular complexity index is 256. The third-order valence-electron chi connectivity index (χ3n) is 0.994. The zero-order chi connectivity index (χ0) is 8.27. The highest BCUT2D eigenvalue weighted by Gasteiger charge is 1.99. The van der Waals surface area contributed by atoms with Gasteiger partial charge in [0.2, 0.25) is 0 Å². The molecule has 11 heavy (non-hydrogen) atoms. The molecular formula is C6H8N2O3. The average Bonchev–Trinajstić information content (AvgIpc) is 2.34. The number of aromatic nitrogens is 2. The SMILES string of the molecule is COc1cnn(OC(C)=O)c1. The second-order valence-electron chi connectivity index (χ2n) is 1.87. The Morgan fingerprint density at radius 1 is 1.73 bits per heavy atom. The summed E-state index contributed by atoms with van der Waals surface area (Å²) in [4.78, 5) is 16.0. The van der Waals surface area contributed by atoms with E-state index in [1.54, 1.807) is 0 Å². The van der Waals surface area contributed by atoms with E-state index in [-0.39, 0.29) is 0 Å². The van der Waals surface area contributed by atoms with Gasteiger partial charge in [-0.15, -0.1) is 5.10 Å². The van der Waals surface area contributed by atoms with Gasteiger partial charge in [-0.1, -0.05) is 4.85 Å². The van der Waals surface area contributed by atoms with Gasteiger partial charge in [0, 0.05) is 6.92 Å². The Kier molecular flexibility index (Phi) is 2.10. The third kappa shape index (κ3) is 1.96. The maximum Gasteiger partial charge on any atom is 0.331 e. The van der Waals surface area contributed by atoms with Gasteiger partial charge in [-0.05, 0) is 0 Å². The van der Waals surface area contributed by atoms with E-state index < -0.39 is 5.97 Å². The number of hydrogen-bond donors (Lipinski definition) is 0. The fourth-order valence-corrected chi connectivity index (χ4v) is 0.576. The molecule has 1 rings (SSSR count). The lowest BCUT2D eigenvalue weighted by molar-refractivity contribution is -0.143. The Labute approximate surface area is 63.5 Å². The molecule has 0 N–H and O–H groups in total. The van der Waals surface area contributed by atoms with Crippen LogP contribution in [-0.2, 0) is 4.79 Å². The molecule has 0 unspecified atom stereocenters. The van der Waals surface area contributed by atoms with Crippen LogP contribution in [0.25, 0.3) is 0 Å². The Hall–Kier alpha value is -1.52. The van der Waals surface area contributed by atoms with E-state index in [1.165, 1.54) is 26.4 Å². The van der Waals surface area contributed by atoms with Crippen molar-refractivity contribution in [2.45, 2.75) is 6.92 Å². The highest BCUT2D eigenvalue weighted by atomic mass is 16.7. The lowest BCUT2D eigenvalue weighted by Gasteiger charge is -1.95. The van der Waals surface area contributed by atoms with Crippen LogP contribution >= 0.6 is 0 Å². The van der Waals surface area contributed by atoms with E-state index in [4.69, 9.17) is 4.74 Å². The van der Waals surface area contributed by atoms with Crippen molar-refractivity contribution in [1.29, 1.82) is 0 Å². The molecule has 0 aromatic carbocycles. The predicted octanol–water partition coefficient (Wildman–Crippen LogP) is -0.133. The van der Waals surface area contributed by atoms with Crippen LogP contribution < -0.4 is 9.57 Å². The second kappa shape index (κ2) is 3.05. The molecule has 0 amide bonds. The monoisotopic (exact) mass is 156 g/mol. The fraction of sp³-hybridized carbons (Fsp3) is 0.333. The van der Waals surface area contributed by atoms with E-state index >= 15 is 0 Å². The summed E-state index contributed by atoms with van der Waals surface area (Å²) in [5.41, 5.74) is 0. The molecule has 1 aromatic heterocycles. The molecule has 5 nitrogen and oxygen atoms in total. The highest BCUT2D eigenvalue weighted by molar-refractivity contribution is 5.66. The summed E-state index contributed by atoms with van der Waals surface area (Å²) in [5, 5.41) is 3.68. The molecule has 0 radical (unpaired) electrons. The van der Waals surface area contributed by atoms with Crippen LogP contribution in [0.3, 0.4) is 0 Å². The zero-order valence-electron chi connectivity index (χ0n) is 6.27.